The minimum absolute atomic E-state index is 0.733. The molecule has 7 rings (SSSR count). The Kier molecular flexibility index (Phi) is 16.6. The molecule has 0 spiro atoms. The lowest BCUT2D eigenvalue weighted by molar-refractivity contribution is 1.54. The minimum Gasteiger partial charge on any atom is -0.115 e. The van der Waals surface area contributed by atoms with E-state index in [1.165, 1.54) is 32.6 Å². The number of fused-ring (bicyclic) bond motifs is 12. The van der Waals surface area contributed by atoms with Gasteiger partial charge in [-0.15, -0.1) is 6.42 Å². The normalized spacial score (nSPS) is 11.8. The van der Waals surface area contributed by atoms with E-state index < -0.39 is 48.4 Å². The zero-order chi connectivity index (χ0) is 53.7. The predicted molar refractivity (Wildman–Crippen MR) is 341 cm³/mol. The fourth-order valence-electron chi connectivity index (χ4n) is 10.8. The second kappa shape index (κ2) is 22.2. The number of rotatable bonds is 9. The minimum atomic E-state index is -1.86. The first-order chi connectivity index (χ1) is 34.6. The van der Waals surface area contributed by atoms with Crippen LogP contribution in [0.2, 0.25) is 115 Å². The van der Waals surface area contributed by atoms with Crippen molar-refractivity contribution >= 4 is 129 Å². The number of terminal acetylenes is 1. The van der Waals surface area contributed by atoms with Gasteiger partial charge in [-0.2, -0.15) is 0 Å². The molecule has 74 heavy (non-hydrogen) atoms. The maximum absolute atomic E-state index is 5.95. The van der Waals surface area contributed by atoms with E-state index >= 15 is 0 Å². The van der Waals surface area contributed by atoms with Crippen LogP contribution in [0.4, 0.5) is 0 Å². The van der Waals surface area contributed by atoms with Crippen LogP contribution >= 0.6 is 0 Å². The van der Waals surface area contributed by atoms with E-state index in [1.54, 1.807) is 0 Å². The average molecular weight is 1060 g/mol. The molecule has 0 amide bonds. The van der Waals surface area contributed by atoms with Crippen molar-refractivity contribution in [2.45, 2.75) is 115 Å². The molecule has 0 aliphatic rings. The number of benzene rings is 6. The van der Waals surface area contributed by atoms with Gasteiger partial charge < -0.3 is 0 Å². The monoisotopic (exact) mass is 1060 g/mol. The molecule has 0 aliphatic heterocycles. The summed E-state index contributed by atoms with van der Waals surface area (Å²) in [5.41, 5.74) is 4.59. The fourth-order valence-corrected chi connectivity index (χ4v) is 48.4. The maximum atomic E-state index is 5.95. The van der Waals surface area contributed by atoms with Crippen LogP contribution in [-0.2, 0) is 0 Å². The van der Waals surface area contributed by atoms with E-state index in [1.807, 2.05) is 42.5 Å². The van der Waals surface area contributed by atoms with Crippen LogP contribution in [-0.4, -0.2) is 48.4 Å². The zero-order valence-electron chi connectivity index (χ0n) is 46.7. The zero-order valence-corrected chi connectivity index (χ0v) is 52.7. The molecular formula is C68H72Si6. The molecule has 0 nitrogen and oxygen atoms in total. The second-order valence-electron chi connectivity index (χ2n) is 25.9. The van der Waals surface area contributed by atoms with Crippen molar-refractivity contribution in [1.29, 1.82) is 0 Å². The number of hydrogen-bond donors (Lipinski definition) is 0. The van der Waals surface area contributed by atoms with Crippen molar-refractivity contribution in [3.8, 4) is 12.3 Å². The Bertz CT molecular complexity index is 3380. The van der Waals surface area contributed by atoms with Gasteiger partial charge in [0, 0.05) is 94.4 Å². The van der Waals surface area contributed by atoms with Crippen LogP contribution in [0.1, 0.15) is 5.56 Å². The molecule has 0 fully saturated rings. The first-order valence-corrected chi connectivity index (χ1v) is 46.7. The predicted octanol–water partition coefficient (Wildman–Crippen LogP) is 16.6. The van der Waals surface area contributed by atoms with Gasteiger partial charge in [-0.3, -0.25) is 0 Å². The highest BCUT2D eigenvalue weighted by Gasteiger charge is 2.32. The second-order valence-corrected chi connectivity index (χ2v) is 58.5. The lowest BCUT2D eigenvalue weighted by atomic mass is 10.1. The van der Waals surface area contributed by atoms with Gasteiger partial charge in [-0.05, 0) is 109 Å². The third kappa shape index (κ3) is 16.3. The Labute approximate surface area is 452 Å². The van der Waals surface area contributed by atoms with Crippen LogP contribution in [0.3, 0.4) is 0 Å². The molecule has 0 N–H and O–H groups in total. The summed E-state index contributed by atoms with van der Waals surface area (Å²) in [7, 11) is -9.69. The van der Waals surface area contributed by atoms with Crippen molar-refractivity contribution in [2.75, 3.05) is 0 Å². The highest BCUT2D eigenvalue weighted by Crippen LogP contribution is 2.24. The summed E-state index contributed by atoms with van der Waals surface area (Å²) in [5, 5.41) is 15.4. The van der Waals surface area contributed by atoms with E-state index in [9.17, 15) is 0 Å². The Morgan fingerprint density at radius 2 is 0.473 bits per heavy atom. The van der Waals surface area contributed by atoms with E-state index in [0.717, 1.165) is 70.2 Å². The summed E-state index contributed by atoms with van der Waals surface area (Å²) in [5.74, 6) is 2.80. The molecule has 0 saturated heterocycles. The van der Waals surface area contributed by atoms with E-state index in [0.29, 0.717) is 0 Å². The first-order valence-electron chi connectivity index (χ1n) is 26.0. The summed E-state index contributed by atoms with van der Waals surface area (Å²) in [4.78, 5) is 0. The first kappa shape index (κ1) is 55.3. The average Bonchev–Trinajstić information content (AvgIpc) is 3.30. The summed E-state index contributed by atoms with van der Waals surface area (Å²) < 4.78 is 0. The largest absolute Gasteiger partial charge is 0.115 e. The smallest absolute Gasteiger partial charge is 0.0781 e. The molecule has 0 atom stereocenters. The van der Waals surface area contributed by atoms with Crippen LogP contribution in [0.15, 0.2) is 121 Å². The summed E-state index contributed by atoms with van der Waals surface area (Å²) in [6.07, 6.45) is 5.95. The van der Waals surface area contributed by atoms with Gasteiger partial charge in [-0.1, -0.05) is 222 Å². The molecule has 7 aromatic rings. The molecule has 0 heterocycles. The molecule has 12 bridgehead atoms. The Morgan fingerprint density at radius 1 is 0.284 bits per heavy atom. The Hall–Kier alpha value is -6.46. The summed E-state index contributed by atoms with van der Waals surface area (Å²) in [6, 6.07) is 85.3. The molecule has 6 heteroatoms. The van der Waals surface area contributed by atoms with Gasteiger partial charge in [0.05, 0.1) is 24.2 Å². The van der Waals surface area contributed by atoms with Crippen molar-refractivity contribution in [2.24, 2.45) is 0 Å². The molecule has 0 aliphatic carbocycles. The van der Waals surface area contributed by atoms with Crippen LogP contribution in [0.25, 0.3) is 64.6 Å². The Morgan fingerprint density at radius 3 is 0.676 bits per heavy atom. The maximum Gasteiger partial charge on any atom is 0.0781 e. The molecule has 0 saturated carbocycles. The highest BCUT2D eigenvalue weighted by atomic mass is 28.4. The third-order valence-corrected chi connectivity index (χ3v) is 41.9. The summed E-state index contributed by atoms with van der Waals surface area (Å²) in [6.45, 7) is 37.5. The van der Waals surface area contributed by atoms with Gasteiger partial charge in [0.15, 0.2) is 0 Å². The highest BCUT2D eigenvalue weighted by molar-refractivity contribution is 7.02. The molecule has 368 valence electrons. The molecule has 7 aromatic carbocycles. The third-order valence-electron chi connectivity index (χ3n) is 13.0. The SMILES string of the molecule is C#Cc1cc2c#cc3cccc(c#cc4cc([Si](C)(C)C[Si](C)(C)C)cc(c#cc5cc([Si](C)(C)C[Si](C)(C)C)cc(c#cc6cc([Si](C)(C)C[Si](C)(C)C)cc(c#cc7cccc(c#cc(c1)c2)c7)c6)c5)c4)c3. The molecule has 0 aromatic heterocycles. The fraction of sp³-hybridized carbons (Fsp3) is 0.265. The van der Waals surface area contributed by atoms with Crippen molar-refractivity contribution in [1.82, 2.24) is 0 Å². The quantitative estimate of drug-likeness (QED) is 0.0998. The van der Waals surface area contributed by atoms with Crippen LogP contribution in [0, 0.1) is 85.1 Å². The lowest BCUT2D eigenvalue weighted by Crippen LogP contribution is -2.47. The van der Waals surface area contributed by atoms with E-state index in [2.05, 4.69) is 256 Å². The molecule has 0 unspecified atom stereocenters. The topological polar surface area (TPSA) is 0 Å². The van der Waals surface area contributed by atoms with Crippen molar-refractivity contribution in [3.05, 3.63) is 200 Å². The van der Waals surface area contributed by atoms with Crippen molar-refractivity contribution in [3.63, 3.8) is 0 Å². The lowest BCUT2D eigenvalue weighted by Gasteiger charge is -2.30. The number of hydrogen-bond acceptors (Lipinski definition) is 0. The summed E-state index contributed by atoms with van der Waals surface area (Å²) >= 11 is 0. The van der Waals surface area contributed by atoms with Gasteiger partial charge in [0.1, 0.15) is 0 Å². The van der Waals surface area contributed by atoms with E-state index in [4.69, 9.17) is 6.42 Å². The molecule has 0 radical (unpaired) electrons. The van der Waals surface area contributed by atoms with Gasteiger partial charge in [0.25, 0.3) is 0 Å². The van der Waals surface area contributed by atoms with E-state index in [-0.39, 0.29) is 0 Å². The van der Waals surface area contributed by atoms with Gasteiger partial charge in [-0.25, -0.2) is 0 Å². The molecular weight excluding hydrogens is 985 g/mol. The van der Waals surface area contributed by atoms with Gasteiger partial charge in [0.2, 0.25) is 0 Å². The van der Waals surface area contributed by atoms with Crippen LogP contribution < -0.4 is 15.6 Å². The van der Waals surface area contributed by atoms with Crippen LogP contribution in [0.5, 0.6) is 0 Å². The van der Waals surface area contributed by atoms with Gasteiger partial charge >= 0.3 is 0 Å². The standard InChI is InChI=1S/C68H72Si6/c1-17-53-36-58-28-24-54-20-18-22-56(38-54)26-30-60-41-62(46-66(44-60)72(11,12)50-69(2,3)4)32-34-64-43-65(49-68(48-64)74(15,16)52-71(8,9)10)35-33-63-42-61(45-67(47-63)73(13,14)51-70(5,6)7)31-27-57-23-19-21-55(39-57)25-29-59(37-53)40-58/h1,18-23,36-49H,50-52H2,2-16H3. The Balaban J connectivity index is 1.57. The van der Waals surface area contributed by atoms with Crippen molar-refractivity contribution < 1.29 is 0 Å².